The lowest BCUT2D eigenvalue weighted by molar-refractivity contribution is 0.222. The maximum Gasteiger partial charge on any atom is 0.243 e. The molecule has 0 radical (unpaired) electrons. The van der Waals surface area contributed by atoms with Crippen LogP contribution in [0.15, 0.2) is 58.8 Å². The summed E-state index contributed by atoms with van der Waals surface area (Å²) in [6.45, 7) is 7.44. The van der Waals surface area contributed by atoms with Gasteiger partial charge in [-0.25, -0.2) is 23.4 Å². The third-order valence-electron chi connectivity index (χ3n) is 6.95. The van der Waals surface area contributed by atoms with Gasteiger partial charge in [-0.15, -0.1) is 11.3 Å². The Morgan fingerprint density at radius 3 is 2.23 bits per heavy atom. The van der Waals surface area contributed by atoms with Crippen molar-refractivity contribution in [1.29, 1.82) is 0 Å². The number of sulfonamides is 1. The highest BCUT2D eigenvalue weighted by molar-refractivity contribution is 7.89. The van der Waals surface area contributed by atoms with E-state index in [-0.39, 0.29) is 0 Å². The van der Waals surface area contributed by atoms with E-state index >= 15 is 0 Å². The summed E-state index contributed by atoms with van der Waals surface area (Å²) in [6.07, 6.45) is 0.916. The molecule has 40 heavy (non-hydrogen) atoms. The van der Waals surface area contributed by atoms with Crippen molar-refractivity contribution in [3.05, 3.63) is 59.5 Å². The number of rotatable bonds is 8. The number of nitrogens with zero attached hydrogens (tertiary/aromatic N) is 6. The monoisotopic (exact) mass is 578 g/mol. The second-order valence-electron chi connectivity index (χ2n) is 9.94. The number of hydrogen-bond donors (Lipinski definition) is 2. The number of hydrogen-bond acceptors (Lipinski definition) is 10. The number of benzene rings is 2. The largest absolute Gasteiger partial charge is 0.384 e. The Morgan fingerprint density at radius 2 is 1.57 bits per heavy atom. The molecular weight excluding hydrogens is 544 g/mol. The molecule has 0 amide bonds. The molecule has 1 fully saturated rings. The Morgan fingerprint density at radius 1 is 0.925 bits per heavy atom. The Kier molecular flexibility index (Phi) is 8.04. The Hall–Kier alpha value is -3.58. The number of thiazole rings is 1. The van der Waals surface area contributed by atoms with Crippen LogP contribution in [0.5, 0.6) is 0 Å². The molecule has 0 spiro atoms. The lowest BCUT2D eigenvalue weighted by Gasteiger charge is -2.31. The predicted molar refractivity (Wildman–Crippen MR) is 162 cm³/mol. The molecule has 0 bridgehead atoms. The van der Waals surface area contributed by atoms with E-state index in [0.717, 1.165) is 53.6 Å². The number of aryl methyl sites for hydroxylation is 1. The van der Waals surface area contributed by atoms with Crippen molar-refractivity contribution >= 4 is 43.8 Å². The predicted octanol–water partition coefficient (Wildman–Crippen LogP) is 4.22. The number of anilines is 4. The molecule has 0 atom stereocenters. The van der Waals surface area contributed by atoms with Gasteiger partial charge in [-0.1, -0.05) is 31.2 Å². The van der Waals surface area contributed by atoms with Crippen molar-refractivity contribution in [2.45, 2.75) is 25.2 Å². The quantitative estimate of drug-likeness (QED) is 0.315. The first-order valence-corrected chi connectivity index (χ1v) is 15.5. The van der Waals surface area contributed by atoms with Gasteiger partial charge in [-0.05, 0) is 55.3 Å². The van der Waals surface area contributed by atoms with Gasteiger partial charge in [0.15, 0.2) is 11.0 Å². The van der Waals surface area contributed by atoms with Crippen LogP contribution in [0, 0.1) is 6.92 Å². The van der Waals surface area contributed by atoms with E-state index in [0.29, 0.717) is 41.1 Å². The van der Waals surface area contributed by atoms with E-state index in [1.165, 1.54) is 17.4 Å². The molecule has 210 valence electrons. The number of piperazine rings is 1. The van der Waals surface area contributed by atoms with Gasteiger partial charge in [0, 0.05) is 49.9 Å². The number of nitrogen functional groups attached to an aromatic ring is 2. The molecule has 2 aromatic carbocycles. The third kappa shape index (κ3) is 5.80. The average molecular weight is 579 g/mol. The first kappa shape index (κ1) is 28.0. The van der Waals surface area contributed by atoms with Crippen LogP contribution in [0.2, 0.25) is 0 Å². The molecule has 4 aromatic rings. The van der Waals surface area contributed by atoms with Crippen LogP contribution in [0.1, 0.15) is 18.9 Å². The molecule has 5 rings (SSSR count). The topological polar surface area (TPSA) is 135 Å². The number of aromatic nitrogens is 3. The van der Waals surface area contributed by atoms with Crippen molar-refractivity contribution in [3.8, 4) is 22.6 Å². The summed E-state index contributed by atoms with van der Waals surface area (Å²) < 4.78 is 27.9. The highest BCUT2D eigenvalue weighted by Crippen LogP contribution is 2.36. The van der Waals surface area contributed by atoms with Crippen LogP contribution >= 0.6 is 11.3 Å². The second kappa shape index (κ2) is 11.5. The van der Waals surface area contributed by atoms with E-state index in [2.05, 4.69) is 51.8 Å². The zero-order chi connectivity index (χ0) is 28.4. The molecule has 1 aliphatic heterocycles. The van der Waals surface area contributed by atoms with Crippen molar-refractivity contribution in [1.82, 2.24) is 24.2 Å². The third-order valence-corrected chi connectivity index (χ3v) is 9.73. The van der Waals surface area contributed by atoms with E-state index in [1.54, 1.807) is 16.4 Å². The lowest BCUT2D eigenvalue weighted by atomic mass is 10.0. The SMILES string of the molecule is CCCN(c1nc(-c2nc(N)cc(N)n2)cs1)c1cc(-c2ccc(S(=O)(=O)N3CCN(C)CC3)cc2)ccc1C. The minimum Gasteiger partial charge on any atom is -0.384 e. The number of likely N-dealkylation sites (N-methyl/N-ethyl adjacent to an activating group) is 1. The summed E-state index contributed by atoms with van der Waals surface area (Å²) in [6, 6.07) is 15.0. The maximum atomic E-state index is 13.2. The van der Waals surface area contributed by atoms with Crippen molar-refractivity contribution in [2.75, 3.05) is 56.1 Å². The van der Waals surface area contributed by atoms with Crippen molar-refractivity contribution < 1.29 is 8.42 Å². The van der Waals surface area contributed by atoms with Crippen molar-refractivity contribution in [3.63, 3.8) is 0 Å². The summed E-state index contributed by atoms with van der Waals surface area (Å²) in [5.74, 6) is 0.996. The molecule has 0 saturated carbocycles. The van der Waals surface area contributed by atoms with E-state index in [9.17, 15) is 8.42 Å². The van der Waals surface area contributed by atoms with Gasteiger partial charge in [0.25, 0.3) is 0 Å². The van der Waals surface area contributed by atoms with Gasteiger partial charge < -0.3 is 21.3 Å². The molecule has 1 saturated heterocycles. The van der Waals surface area contributed by atoms with Crippen LogP contribution in [0.4, 0.5) is 22.5 Å². The highest BCUT2D eigenvalue weighted by Gasteiger charge is 2.27. The lowest BCUT2D eigenvalue weighted by Crippen LogP contribution is -2.46. The van der Waals surface area contributed by atoms with Gasteiger partial charge in [-0.2, -0.15) is 4.31 Å². The van der Waals surface area contributed by atoms with Crippen LogP contribution in [0.25, 0.3) is 22.6 Å². The summed E-state index contributed by atoms with van der Waals surface area (Å²) in [7, 11) is -1.51. The number of nitrogens with two attached hydrogens (primary N) is 2. The summed E-state index contributed by atoms with van der Waals surface area (Å²) in [5.41, 5.74) is 16.4. The van der Waals surface area contributed by atoms with Crippen molar-refractivity contribution in [2.24, 2.45) is 0 Å². The molecule has 12 heteroatoms. The van der Waals surface area contributed by atoms with Gasteiger partial charge in [-0.3, -0.25) is 0 Å². The highest BCUT2D eigenvalue weighted by atomic mass is 32.2. The zero-order valence-electron chi connectivity index (χ0n) is 22.9. The molecule has 0 unspecified atom stereocenters. The Balaban J connectivity index is 1.43. The molecule has 1 aliphatic rings. The van der Waals surface area contributed by atoms with Crippen LogP contribution < -0.4 is 16.4 Å². The summed E-state index contributed by atoms with van der Waals surface area (Å²) in [4.78, 5) is 18.0. The normalized spacial score (nSPS) is 14.9. The van der Waals surface area contributed by atoms with E-state index < -0.39 is 10.0 Å². The molecule has 3 heterocycles. The van der Waals surface area contributed by atoms with Crippen LogP contribution in [-0.2, 0) is 10.0 Å². The second-order valence-corrected chi connectivity index (χ2v) is 12.7. The van der Waals surface area contributed by atoms with Gasteiger partial charge >= 0.3 is 0 Å². The molecular formula is C28H34N8O2S2. The summed E-state index contributed by atoms with van der Waals surface area (Å²) >= 11 is 1.51. The van der Waals surface area contributed by atoms with Gasteiger partial charge in [0.2, 0.25) is 10.0 Å². The minimum atomic E-state index is -3.52. The van der Waals surface area contributed by atoms with Crippen LogP contribution in [-0.4, -0.2) is 72.3 Å². The maximum absolute atomic E-state index is 13.2. The molecule has 10 nitrogen and oxygen atoms in total. The van der Waals surface area contributed by atoms with E-state index in [4.69, 9.17) is 16.5 Å². The zero-order valence-corrected chi connectivity index (χ0v) is 24.5. The summed E-state index contributed by atoms with van der Waals surface area (Å²) in [5, 5.41) is 2.72. The fourth-order valence-electron chi connectivity index (χ4n) is 4.71. The average Bonchev–Trinajstić information content (AvgIpc) is 3.42. The fourth-order valence-corrected chi connectivity index (χ4v) is 6.98. The first-order chi connectivity index (χ1) is 19.2. The van der Waals surface area contributed by atoms with Gasteiger partial charge in [0.1, 0.15) is 17.3 Å². The molecule has 0 aliphatic carbocycles. The molecule has 4 N–H and O–H groups in total. The van der Waals surface area contributed by atoms with E-state index in [1.807, 2.05) is 24.6 Å². The minimum absolute atomic E-state index is 0.299. The Labute approximate surface area is 239 Å². The smallest absolute Gasteiger partial charge is 0.243 e. The first-order valence-electron chi connectivity index (χ1n) is 13.2. The van der Waals surface area contributed by atoms with Gasteiger partial charge in [0.05, 0.1) is 4.90 Å². The molecule has 2 aromatic heterocycles. The van der Waals surface area contributed by atoms with Crippen LogP contribution in [0.3, 0.4) is 0 Å². The fraction of sp³-hybridized carbons (Fsp3) is 0.321. The standard InChI is InChI=1S/C28H34N8O2S2/c1-4-11-36(28-31-23(18-39-28)27-32-25(29)17-26(30)33-27)24-16-21(6-5-19(24)2)20-7-9-22(10-8-20)40(37,38)35-14-12-34(3)13-15-35/h5-10,16-18H,4,11-15H2,1-3H3,(H4,29,30,32,33). The Bertz CT molecular complexity index is 1580.